The zero-order valence-electron chi connectivity index (χ0n) is 11.6. The van der Waals surface area contributed by atoms with Crippen LogP contribution in [0, 0.1) is 9.81 Å². The lowest BCUT2D eigenvalue weighted by Gasteiger charge is -2.22. The van der Waals surface area contributed by atoms with Gasteiger partial charge in [-0.05, 0) is 35.3 Å². The van der Waals surface area contributed by atoms with Gasteiger partial charge in [-0.15, -0.1) is 9.81 Å². The molecule has 0 atom stereocenters. The SMILES string of the molecule is O=Nc1cccc(N=O)c1COC(=O)NC1CCCCC1. The lowest BCUT2D eigenvalue weighted by molar-refractivity contribution is 0.133. The van der Waals surface area contributed by atoms with Gasteiger partial charge < -0.3 is 10.1 Å². The van der Waals surface area contributed by atoms with Crippen LogP contribution in [0.25, 0.3) is 0 Å². The van der Waals surface area contributed by atoms with Crippen LogP contribution >= 0.6 is 0 Å². The van der Waals surface area contributed by atoms with E-state index in [1.165, 1.54) is 24.6 Å². The van der Waals surface area contributed by atoms with E-state index in [1.54, 1.807) is 0 Å². The monoisotopic (exact) mass is 291 g/mol. The average Bonchev–Trinajstić information content (AvgIpc) is 2.53. The summed E-state index contributed by atoms with van der Waals surface area (Å²) < 4.78 is 5.07. The van der Waals surface area contributed by atoms with Crippen LogP contribution in [0.5, 0.6) is 0 Å². The van der Waals surface area contributed by atoms with E-state index in [9.17, 15) is 14.6 Å². The van der Waals surface area contributed by atoms with Gasteiger partial charge in [-0.25, -0.2) is 4.79 Å². The molecule has 1 N–H and O–H groups in total. The van der Waals surface area contributed by atoms with Crippen molar-refractivity contribution < 1.29 is 9.53 Å². The lowest BCUT2D eigenvalue weighted by Crippen LogP contribution is -2.36. The number of hydrogen-bond acceptors (Lipinski definition) is 6. The van der Waals surface area contributed by atoms with E-state index in [1.807, 2.05) is 0 Å². The Hall–Kier alpha value is -2.31. The topological polar surface area (TPSA) is 97.2 Å². The molecule has 1 aliphatic rings. The molecule has 0 spiro atoms. The zero-order chi connectivity index (χ0) is 15.1. The van der Waals surface area contributed by atoms with Crippen molar-refractivity contribution >= 4 is 17.5 Å². The number of benzene rings is 1. The number of carbonyl (C=O) groups is 1. The third-order valence-corrected chi connectivity index (χ3v) is 3.60. The quantitative estimate of drug-likeness (QED) is 0.828. The van der Waals surface area contributed by atoms with Crippen molar-refractivity contribution in [2.75, 3.05) is 0 Å². The predicted molar refractivity (Wildman–Crippen MR) is 77.5 cm³/mol. The molecular formula is C14H17N3O4. The first-order valence-electron chi connectivity index (χ1n) is 6.96. The fourth-order valence-corrected chi connectivity index (χ4v) is 2.47. The van der Waals surface area contributed by atoms with Crippen molar-refractivity contribution in [3.63, 3.8) is 0 Å². The van der Waals surface area contributed by atoms with Gasteiger partial charge in [0.1, 0.15) is 18.0 Å². The molecular weight excluding hydrogens is 274 g/mol. The van der Waals surface area contributed by atoms with Gasteiger partial charge >= 0.3 is 6.09 Å². The van der Waals surface area contributed by atoms with Crippen LogP contribution < -0.4 is 5.32 Å². The Kier molecular flexibility index (Phi) is 5.36. The summed E-state index contributed by atoms with van der Waals surface area (Å²) in [6.07, 6.45) is 4.73. The number of alkyl carbamates (subject to hydrolysis) is 1. The Morgan fingerprint density at radius 3 is 2.33 bits per heavy atom. The molecule has 0 radical (unpaired) electrons. The number of rotatable bonds is 5. The van der Waals surface area contributed by atoms with E-state index in [2.05, 4.69) is 15.7 Å². The van der Waals surface area contributed by atoms with Gasteiger partial charge in [-0.3, -0.25) is 0 Å². The summed E-state index contributed by atoms with van der Waals surface area (Å²) in [5.74, 6) is 0. The van der Waals surface area contributed by atoms with Gasteiger partial charge in [0.05, 0.1) is 0 Å². The van der Waals surface area contributed by atoms with Crippen molar-refractivity contribution in [2.45, 2.75) is 44.8 Å². The molecule has 0 unspecified atom stereocenters. The minimum absolute atomic E-state index is 0.0533. The highest BCUT2D eigenvalue weighted by molar-refractivity contribution is 5.68. The largest absolute Gasteiger partial charge is 0.445 e. The number of nitrogens with one attached hydrogen (secondary N) is 1. The minimum atomic E-state index is -0.556. The second-order valence-corrected chi connectivity index (χ2v) is 5.01. The van der Waals surface area contributed by atoms with Gasteiger partial charge in [-0.1, -0.05) is 25.3 Å². The third-order valence-electron chi connectivity index (χ3n) is 3.60. The molecule has 1 aromatic carbocycles. The summed E-state index contributed by atoms with van der Waals surface area (Å²) in [6, 6.07) is 4.52. The van der Waals surface area contributed by atoms with Crippen LogP contribution in [0.3, 0.4) is 0 Å². The van der Waals surface area contributed by atoms with Gasteiger partial charge in [0.25, 0.3) is 0 Å². The molecule has 1 aliphatic carbocycles. The Morgan fingerprint density at radius 1 is 1.14 bits per heavy atom. The van der Waals surface area contributed by atoms with Crippen LogP contribution in [-0.2, 0) is 11.3 Å². The normalized spacial score (nSPS) is 15.2. The van der Waals surface area contributed by atoms with Gasteiger partial charge in [-0.2, -0.15) is 0 Å². The highest BCUT2D eigenvalue weighted by Crippen LogP contribution is 2.29. The van der Waals surface area contributed by atoms with Crippen molar-refractivity contribution in [1.29, 1.82) is 0 Å². The molecule has 7 heteroatoms. The minimum Gasteiger partial charge on any atom is -0.445 e. The molecule has 2 rings (SSSR count). The predicted octanol–water partition coefficient (Wildman–Crippen LogP) is 4.04. The van der Waals surface area contributed by atoms with Crippen molar-refractivity contribution in [2.24, 2.45) is 10.4 Å². The Morgan fingerprint density at radius 2 is 1.76 bits per heavy atom. The summed E-state index contributed by atoms with van der Waals surface area (Å²) in [7, 11) is 0. The first kappa shape index (κ1) is 15.1. The molecule has 21 heavy (non-hydrogen) atoms. The van der Waals surface area contributed by atoms with Gasteiger partial charge in [0.15, 0.2) is 0 Å². The van der Waals surface area contributed by atoms with Gasteiger partial charge in [0, 0.05) is 11.6 Å². The number of nitroso groups, excluding NO2 is 2. The Balaban J connectivity index is 1.94. The first-order valence-corrected chi connectivity index (χ1v) is 6.96. The summed E-state index contributed by atoms with van der Waals surface area (Å²) in [6.45, 7) is -0.207. The summed E-state index contributed by atoms with van der Waals surface area (Å²) in [4.78, 5) is 33.1. The second-order valence-electron chi connectivity index (χ2n) is 5.01. The zero-order valence-corrected chi connectivity index (χ0v) is 11.6. The second kappa shape index (κ2) is 7.47. The average molecular weight is 291 g/mol. The maximum absolute atomic E-state index is 11.7. The molecule has 7 nitrogen and oxygen atoms in total. The van der Waals surface area contributed by atoms with E-state index in [4.69, 9.17) is 4.74 Å². The van der Waals surface area contributed by atoms with E-state index in [0.29, 0.717) is 0 Å². The fourth-order valence-electron chi connectivity index (χ4n) is 2.47. The Bertz CT molecular complexity index is 501. The van der Waals surface area contributed by atoms with Crippen molar-refractivity contribution in [3.8, 4) is 0 Å². The molecule has 1 amide bonds. The van der Waals surface area contributed by atoms with Crippen LogP contribution in [0.15, 0.2) is 28.6 Å². The number of ether oxygens (including phenoxy) is 1. The molecule has 0 aliphatic heterocycles. The van der Waals surface area contributed by atoms with Crippen LogP contribution in [0.4, 0.5) is 16.2 Å². The number of amides is 1. The molecule has 0 saturated heterocycles. The summed E-state index contributed by atoms with van der Waals surface area (Å²) in [5, 5.41) is 8.41. The molecule has 112 valence electrons. The van der Waals surface area contributed by atoms with E-state index >= 15 is 0 Å². The molecule has 0 heterocycles. The molecule has 0 bridgehead atoms. The standard InChI is InChI=1S/C14H17N3O4/c18-14(15-10-5-2-1-3-6-10)21-9-11-12(16-19)7-4-8-13(11)17-20/h4,7-8,10H,1-3,5-6,9H2,(H,15,18). The fraction of sp³-hybridized carbons (Fsp3) is 0.500. The maximum Gasteiger partial charge on any atom is 0.407 e. The van der Waals surface area contributed by atoms with Crippen LogP contribution in [0.1, 0.15) is 37.7 Å². The lowest BCUT2D eigenvalue weighted by atomic mass is 9.96. The number of hydrogen-bond donors (Lipinski definition) is 1. The van der Waals surface area contributed by atoms with Crippen molar-refractivity contribution in [3.05, 3.63) is 33.6 Å². The molecule has 0 aromatic heterocycles. The van der Waals surface area contributed by atoms with E-state index in [0.717, 1.165) is 25.7 Å². The maximum atomic E-state index is 11.7. The highest BCUT2D eigenvalue weighted by Gasteiger charge is 2.17. The number of carbonyl (C=O) groups excluding carboxylic acids is 1. The number of nitrogens with zero attached hydrogens (tertiary/aromatic N) is 2. The summed E-state index contributed by atoms with van der Waals surface area (Å²) >= 11 is 0. The highest BCUT2D eigenvalue weighted by atomic mass is 16.5. The van der Waals surface area contributed by atoms with E-state index < -0.39 is 6.09 Å². The molecule has 1 aromatic rings. The molecule has 1 saturated carbocycles. The first-order chi connectivity index (χ1) is 10.2. The summed E-state index contributed by atoms with van der Waals surface area (Å²) in [5.41, 5.74) is 0.330. The smallest absolute Gasteiger partial charge is 0.407 e. The van der Waals surface area contributed by atoms with Gasteiger partial charge in [0.2, 0.25) is 0 Å². The molecule has 1 fully saturated rings. The van der Waals surface area contributed by atoms with Crippen LogP contribution in [-0.4, -0.2) is 12.1 Å². The van der Waals surface area contributed by atoms with Crippen molar-refractivity contribution in [1.82, 2.24) is 5.32 Å². The van der Waals surface area contributed by atoms with E-state index in [-0.39, 0.29) is 29.6 Å². The third kappa shape index (κ3) is 4.08. The van der Waals surface area contributed by atoms with Crippen LogP contribution in [0.2, 0.25) is 0 Å². The Labute approximate surface area is 122 Å².